The Labute approximate surface area is 164 Å². The van der Waals surface area contributed by atoms with Crippen molar-refractivity contribution < 1.29 is 28.6 Å². The normalized spacial score (nSPS) is 14.1. The van der Waals surface area contributed by atoms with Crippen LogP contribution in [0.15, 0.2) is 24.3 Å². The van der Waals surface area contributed by atoms with E-state index in [9.17, 15) is 14.4 Å². The van der Waals surface area contributed by atoms with E-state index in [1.54, 1.807) is 43.2 Å². The standard InChI is InChI=1S/C19H27N3O6/c1-3-27-19(25)22-11-8-14(9-12-22)21-18(24)17(23)20-10-13-28-16-6-4-15(26-2)5-7-16/h4-7,14H,3,8-13H2,1-2H3,(H,20,23)(H,21,24). The molecule has 0 unspecified atom stereocenters. The van der Waals surface area contributed by atoms with E-state index in [0.29, 0.717) is 38.3 Å². The molecule has 1 heterocycles. The number of rotatable bonds is 7. The van der Waals surface area contributed by atoms with Crippen LogP contribution < -0.4 is 20.1 Å². The molecule has 2 N–H and O–H groups in total. The quantitative estimate of drug-likeness (QED) is 0.527. The summed E-state index contributed by atoms with van der Waals surface area (Å²) in [6.07, 6.45) is 0.818. The first-order chi connectivity index (χ1) is 13.5. The zero-order chi connectivity index (χ0) is 20.4. The van der Waals surface area contributed by atoms with Gasteiger partial charge in [0, 0.05) is 19.1 Å². The van der Waals surface area contributed by atoms with Gasteiger partial charge in [-0.25, -0.2) is 4.79 Å². The maximum atomic E-state index is 12.0. The molecule has 0 bridgehead atoms. The fourth-order valence-corrected chi connectivity index (χ4v) is 2.76. The highest BCUT2D eigenvalue weighted by Gasteiger charge is 2.26. The molecule has 1 aliphatic rings. The topological polar surface area (TPSA) is 106 Å². The number of nitrogens with zero attached hydrogens (tertiary/aromatic N) is 1. The van der Waals surface area contributed by atoms with Crippen LogP contribution in [0.3, 0.4) is 0 Å². The summed E-state index contributed by atoms with van der Waals surface area (Å²) < 4.78 is 15.5. The van der Waals surface area contributed by atoms with E-state index in [0.717, 1.165) is 5.75 Å². The number of hydrogen-bond acceptors (Lipinski definition) is 6. The van der Waals surface area contributed by atoms with Gasteiger partial charge in [0.25, 0.3) is 0 Å². The first-order valence-electron chi connectivity index (χ1n) is 9.30. The molecular weight excluding hydrogens is 366 g/mol. The zero-order valence-electron chi connectivity index (χ0n) is 16.2. The molecule has 0 atom stereocenters. The van der Waals surface area contributed by atoms with Crippen molar-refractivity contribution in [2.75, 3.05) is 40.0 Å². The highest BCUT2D eigenvalue weighted by Crippen LogP contribution is 2.16. The van der Waals surface area contributed by atoms with E-state index in [2.05, 4.69) is 10.6 Å². The summed E-state index contributed by atoms with van der Waals surface area (Å²) in [5.41, 5.74) is 0. The minimum atomic E-state index is -0.703. The molecule has 28 heavy (non-hydrogen) atoms. The monoisotopic (exact) mass is 393 g/mol. The van der Waals surface area contributed by atoms with Crippen molar-refractivity contribution in [3.05, 3.63) is 24.3 Å². The fraction of sp³-hybridized carbons (Fsp3) is 0.526. The molecule has 0 saturated carbocycles. The van der Waals surface area contributed by atoms with Crippen LogP contribution in [-0.2, 0) is 14.3 Å². The van der Waals surface area contributed by atoms with Gasteiger partial charge < -0.3 is 29.7 Å². The lowest BCUT2D eigenvalue weighted by Gasteiger charge is -2.31. The molecular formula is C19H27N3O6. The number of carbonyl (C=O) groups excluding carboxylic acids is 3. The van der Waals surface area contributed by atoms with Crippen molar-refractivity contribution in [2.45, 2.75) is 25.8 Å². The average Bonchev–Trinajstić information content (AvgIpc) is 2.72. The molecule has 1 aromatic carbocycles. The average molecular weight is 393 g/mol. The van der Waals surface area contributed by atoms with Crippen molar-refractivity contribution >= 4 is 17.9 Å². The second-order valence-corrected chi connectivity index (χ2v) is 6.21. The molecule has 0 spiro atoms. The molecule has 1 aromatic rings. The van der Waals surface area contributed by atoms with Gasteiger partial charge >= 0.3 is 17.9 Å². The van der Waals surface area contributed by atoms with E-state index in [1.807, 2.05) is 0 Å². The molecule has 1 aliphatic heterocycles. The Balaban J connectivity index is 1.62. The minimum absolute atomic E-state index is 0.139. The number of hydrogen-bond donors (Lipinski definition) is 2. The van der Waals surface area contributed by atoms with Gasteiger partial charge in [0.05, 0.1) is 20.3 Å². The summed E-state index contributed by atoms with van der Waals surface area (Å²) >= 11 is 0. The SMILES string of the molecule is CCOC(=O)N1CCC(NC(=O)C(=O)NCCOc2ccc(OC)cc2)CC1. The van der Waals surface area contributed by atoms with Gasteiger partial charge in [0.15, 0.2) is 0 Å². The summed E-state index contributed by atoms with van der Waals surface area (Å²) in [4.78, 5) is 37.1. The Kier molecular flexibility index (Phi) is 8.38. The summed E-state index contributed by atoms with van der Waals surface area (Å²) in [7, 11) is 1.58. The number of ether oxygens (including phenoxy) is 3. The van der Waals surface area contributed by atoms with Crippen molar-refractivity contribution in [1.29, 1.82) is 0 Å². The molecule has 9 nitrogen and oxygen atoms in total. The lowest BCUT2D eigenvalue weighted by molar-refractivity contribution is -0.139. The van der Waals surface area contributed by atoms with Gasteiger partial charge in [0.1, 0.15) is 18.1 Å². The largest absolute Gasteiger partial charge is 0.497 e. The molecule has 2 rings (SSSR count). The molecule has 0 aliphatic carbocycles. The third-order valence-corrected chi connectivity index (χ3v) is 4.28. The highest BCUT2D eigenvalue weighted by atomic mass is 16.6. The molecule has 0 aromatic heterocycles. The molecule has 1 fully saturated rings. The molecule has 1 saturated heterocycles. The number of nitrogens with one attached hydrogen (secondary N) is 2. The smallest absolute Gasteiger partial charge is 0.409 e. The van der Waals surface area contributed by atoms with E-state index in [1.165, 1.54) is 0 Å². The van der Waals surface area contributed by atoms with Crippen molar-refractivity contribution in [1.82, 2.24) is 15.5 Å². The Bertz CT molecular complexity index is 656. The van der Waals surface area contributed by atoms with E-state index in [-0.39, 0.29) is 25.3 Å². The van der Waals surface area contributed by atoms with Gasteiger partial charge in [0.2, 0.25) is 0 Å². The summed E-state index contributed by atoms with van der Waals surface area (Å²) in [6, 6.07) is 6.93. The number of piperidine rings is 1. The van der Waals surface area contributed by atoms with Crippen LogP contribution in [-0.4, -0.2) is 68.8 Å². The molecule has 9 heteroatoms. The van der Waals surface area contributed by atoms with Gasteiger partial charge in [-0.15, -0.1) is 0 Å². The molecule has 154 valence electrons. The molecule has 0 radical (unpaired) electrons. The van der Waals surface area contributed by atoms with Crippen molar-refractivity contribution in [3.63, 3.8) is 0 Å². The number of carbonyl (C=O) groups is 3. The van der Waals surface area contributed by atoms with Crippen LogP contribution in [0.2, 0.25) is 0 Å². The molecule has 3 amide bonds. The Morgan fingerprint density at radius 2 is 1.71 bits per heavy atom. The fourth-order valence-electron chi connectivity index (χ4n) is 2.76. The van der Waals surface area contributed by atoms with Crippen LogP contribution in [0.5, 0.6) is 11.5 Å². The van der Waals surface area contributed by atoms with E-state index >= 15 is 0 Å². The summed E-state index contributed by atoms with van der Waals surface area (Å²) in [6.45, 7) is 3.51. The maximum Gasteiger partial charge on any atom is 0.409 e. The summed E-state index contributed by atoms with van der Waals surface area (Å²) in [5, 5.41) is 5.22. The van der Waals surface area contributed by atoms with Crippen LogP contribution in [0.1, 0.15) is 19.8 Å². The highest BCUT2D eigenvalue weighted by molar-refractivity contribution is 6.35. The van der Waals surface area contributed by atoms with Crippen LogP contribution in [0.4, 0.5) is 4.79 Å². The van der Waals surface area contributed by atoms with Gasteiger partial charge in [-0.2, -0.15) is 0 Å². The Morgan fingerprint density at radius 1 is 1.07 bits per heavy atom. The second-order valence-electron chi connectivity index (χ2n) is 6.21. The van der Waals surface area contributed by atoms with Gasteiger partial charge in [-0.3, -0.25) is 9.59 Å². The van der Waals surface area contributed by atoms with E-state index in [4.69, 9.17) is 14.2 Å². The Hall–Kier alpha value is -2.97. The number of likely N-dealkylation sites (tertiary alicyclic amines) is 1. The van der Waals surface area contributed by atoms with Crippen molar-refractivity contribution in [2.24, 2.45) is 0 Å². The van der Waals surface area contributed by atoms with Crippen LogP contribution in [0.25, 0.3) is 0 Å². The first kappa shape index (κ1) is 21.3. The Morgan fingerprint density at radius 3 is 2.32 bits per heavy atom. The third-order valence-electron chi connectivity index (χ3n) is 4.28. The predicted octanol–water partition coefficient (Wildman–Crippen LogP) is 0.927. The summed E-state index contributed by atoms with van der Waals surface area (Å²) in [5.74, 6) is -0.0107. The number of methoxy groups -OCH3 is 1. The third kappa shape index (κ3) is 6.64. The van der Waals surface area contributed by atoms with Crippen LogP contribution >= 0.6 is 0 Å². The van der Waals surface area contributed by atoms with Crippen LogP contribution in [0, 0.1) is 0 Å². The maximum absolute atomic E-state index is 12.0. The zero-order valence-corrected chi connectivity index (χ0v) is 16.2. The van der Waals surface area contributed by atoms with E-state index < -0.39 is 11.8 Å². The first-order valence-corrected chi connectivity index (χ1v) is 9.30. The van der Waals surface area contributed by atoms with Gasteiger partial charge in [-0.1, -0.05) is 0 Å². The number of benzene rings is 1. The lowest BCUT2D eigenvalue weighted by atomic mass is 10.1. The van der Waals surface area contributed by atoms with Gasteiger partial charge in [-0.05, 0) is 44.0 Å². The number of amides is 3. The van der Waals surface area contributed by atoms with Crippen molar-refractivity contribution in [3.8, 4) is 11.5 Å². The predicted molar refractivity (Wildman–Crippen MR) is 101 cm³/mol. The minimum Gasteiger partial charge on any atom is -0.497 e. The second kappa shape index (κ2) is 11.0. The lowest BCUT2D eigenvalue weighted by Crippen LogP contribution is -2.50.